The quantitative estimate of drug-likeness (QED) is 0.248. The summed E-state index contributed by atoms with van der Waals surface area (Å²) in [6.45, 7) is 4.03. The fourth-order valence-electron chi connectivity index (χ4n) is 2.47. The van der Waals surface area contributed by atoms with Crippen LogP contribution in [0.1, 0.15) is 58.3 Å². The Kier molecular flexibility index (Phi) is 10.4. The minimum atomic E-state index is -0.557. The van der Waals surface area contributed by atoms with E-state index in [0.29, 0.717) is 19.1 Å². The van der Waals surface area contributed by atoms with E-state index in [4.69, 9.17) is 14.7 Å². The first-order chi connectivity index (χ1) is 11.7. The molecule has 0 aromatic heterocycles. The molecule has 0 unspecified atom stereocenters. The lowest BCUT2D eigenvalue weighted by molar-refractivity contribution is -0.138. The van der Waals surface area contributed by atoms with Crippen LogP contribution in [0.5, 0.6) is 0 Å². The molecule has 0 saturated carbocycles. The first-order valence-corrected chi connectivity index (χ1v) is 9.02. The molecule has 1 fully saturated rings. The molecule has 1 aliphatic rings. The molecule has 1 heterocycles. The average molecular weight is 334 g/mol. The van der Waals surface area contributed by atoms with Crippen molar-refractivity contribution in [2.24, 2.45) is 0 Å². The molecule has 0 radical (unpaired) electrons. The highest BCUT2D eigenvalue weighted by atomic mass is 16.5. The van der Waals surface area contributed by atoms with Crippen LogP contribution in [0.15, 0.2) is 23.6 Å². The van der Waals surface area contributed by atoms with E-state index in [1.54, 1.807) is 6.08 Å². The van der Waals surface area contributed by atoms with Crippen molar-refractivity contribution in [2.45, 2.75) is 58.3 Å². The smallest absolute Gasteiger partial charge is 0.348 e. The molecule has 1 aliphatic heterocycles. The summed E-state index contributed by atoms with van der Waals surface area (Å²) in [4.78, 5) is 13.8. The van der Waals surface area contributed by atoms with Crippen LogP contribution in [0.2, 0.25) is 0 Å². The number of rotatable bonds is 11. The molecule has 0 aliphatic carbocycles. The molecule has 0 aromatic rings. The molecule has 0 spiro atoms. The number of esters is 1. The Morgan fingerprint density at radius 3 is 2.50 bits per heavy atom. The highest BCUT2D eigenvalue weighted by Crippen LogP contribution is 2.12. The molecule has 5 heteroatoms. The summed E-state index contributed by atoms with van der Waals surface area (Å²) < 4.78 is 10.6. The van der Waals surface area contributed by atoms with Gasteiger partial charge in [0, 0.05) is 7.05 Å². The van der Waals surface area contributed by atoms with Crippen LogP contribution in [0, 0.1) is 11.3 Å². The number of nitrogens with zero attached hydrogens (tertiary/aromatic N) is 2. The van der Waals surface area contributed by atoms with E-state index in [1.807, 2.05) is 18.0 Å². The normalized spacial score (nSPS) is 16.1. The second-order valence-electron chi connectivity index (χ2n) is 6.08. The zero-order chi connectivity index (χ0) is 17.6. The lowest BCUT2D eigenvalue weighted by Crippen LogP contribution is -2.11. The van der Waals surface area contributed by atoms with Crippen molar-refractivity contribution < 1.29 is 14.3 Å². The van der Waals surface area contributed by atoms with Gasteiger partial charge in [-0.1, -0.05) is 51.9 Å². The second kappa shape index (κ2) is 12.5. The predicted molar refractivity (Wildman–Crippen MR) is 93.9 cm³/mol. The molecule has 0 amide bonds. The van der Waals surface area contributed by atoms with Crippen molar-refractivity contribution in [1.82, 2.24) is 4.90 Å². The summed E-state index contributed by atoms with van der Waals surface area (Å²) in [5, 5.41) is 9.08. The highest BCUT2D eigenvalue weighted by molar-refractivity contribution is 5.93. The number of unbranched alkanes of at least 4 members (excludes halogenated alkanes) is 7. The van der Waals surface area contributed by atoms with Gasteiger partial charge in [-0.2, -0.15) is 5.26 Å². The number of allylic oxidation sites excluding steroid dienone is 2. The standard InChI is InChI=1S/C19H30N2O3/c1-3-4-5-6-7-8-9-10-14-24-19(22)17(16-20)11-12-18-21(2)13-15-23-18/h11-12H,3-10,13-15H2,1-2H3. The molecule has 24 heavy (non-hydrogen) atoms. The predicted octanol–water partition coefficient (Wildman–Crippen LogP) is 3.92. The number of carbonyl (C=O) groups is 1. The summed E-state index contributed by atoms with van der Waals surface area (Å²) in [5.74, 6) is 0.108. The summed E-state index contributed by atoms with van der Waals surface area (Å²) in [5.41, 5.74) is 0.00552. The summed E-state index contributed by atoms with van der Waals surface area (Å²) in [6.07, 6.45) is 12.6. The number of nitriles is 1. The van der Waals surface area contributed by atoms with Crippen molar-refractivity contribution in [2.75, 3.05) is 26.8 Å². The van der Waals surface area contributed by atoms with Crippen molar-refractivity contribution in [3.63, 3.8) is 0 Å². The van der Waals surface area contributed by atoms with Crippen LogP contribution >= 0.6 is 0 Å². The van der Waals surface area contributed by atoms with Crippen LogP contribution < -0.4 is 0 Å². The van der Waals surface area contributed by atoms with Gasteiger partial charge in [0.05, 0.1) is 13.2 Å². The number of likely N-dealkylation sites (N-methyl/N-ethyl adjacent to an activating group) is 1. The maximum atomic E-state index is 11.9. The van der Waals surface area contributed by atoms with Crippen LogP contribution in [0.25, 0.3) is 0 Å². The third-order valence-electron chi connectivity index (χ3n) is 4.02. The molecular weight excluding hydrogens is 304 g/mol. The monoisotopic (exact) mass is 334 g/mol. The van der Waals surface area contributed by atoms with Crippen LogP contribution in [0.3, 0.4) is 0 Å². The Hall–Kier alpha value is -1.96. The third-order valence-corrected chi connectivity index (χ3v) is 4.02. The number of hydrogen-bond donors (Lipinski definition) is 0. The van der Waals surface area contributed by atoms with Crippen molar-refractivity contribution in [3.8, 4) is 6.07 Å². The number of carbonyl (C=O) groups excluding carboxylic acids is 1. The van der Waals surface area contributed by atoms with Gasteiger partial charge < -0.3 is 14.4 Å². The number of hydrogen-bond acceptors (Lipinski definition) is 5. The lowest BCUT2D eigenvalue weighted by atomic mass is 10.1. The van der Waals surface area contributed by atoms with Crippen LogP contribution in [-0.4, -0.2) is 37.7 Å². The first-order valence-electron chi connectivity index (χ1n) is 9.02. The fraction of sp³-hybridized carbons (Fsp3) is 0.684. The Labute approximate surface area is 145 Å². The van der Waals surface area contributed by atoms with Gasteiger partial charge in [0.25, 0.3) is 0 Å². The van der Waals surface area contributed by atoms with Gasteiger partial charge in [-0.3, -0.25) is 0 Å². The zero-order valence-electron chi connectivity index (χ0n) is 15.1. The average Bonchev–Trinajstić information content (AvgIpc) is 2.99. The lowest BCUT2D eigenvalue weighted by Gasteiger charge is -2.08. The van der Waals surface area contributed by atoms with Gasteiger partial charge in [0.2, 0.25) is 0 Å². The van der Waals surface area contributed by atoms with Gasteiger partial charge in [-0.05, 0) is 18.6 Å². The van der Waals surface area contributed by atoms with E-state index in [9.17, 15) is 4.79 Å². The van der Waals surface area contributed by atoms with Crippen molar-refractivity contribution in [3.05, 3.63) is 23.6 Å². The topological polar surface area (TPSA) is 62.6 Å². The fourth-order valence-corrected chi connectivity index (χ4v) is 2.47. The Morgan fingerprint density at radius 1 is 1.25 bits per heavy atom. The van der Waals surface area contributed by atoms with Gasteiger partial charge >= 0.3 is 5.97 Å². The van der Waals surface area contributed by atoms with E-state index in [-0.39, 0.29) is 5.57 Å². The minimum absolute atomic E-state index is 0.00552. The summed E-state index contributed by atoms with van der Waals surface area (Å²) >= 11 is 0. The molecule has 0 aromatic carbocycles. The maximum absolute atomic E-state index is 11.9. The molecule has 5 nitrogen and oxygen atoms in total. The number of ether oxygens (including phenoxy) is 2. The molecule has 0 atom stereocenters. The largest absolute Gasteiger partial charge is 0.477 e. The molecule has 1 rings (SSSR count). The maximum Gasteiger partial charge on any atom is 0.348 e. The highest BCUT2D eigenvalue weighted by Gasteiger charge is 2.14. The molecule has 134 valence electrons. The Balaban J connectivity index is 2.20. The van der Waals surface area contributed by atoms with Crippen LogP contribution in [-0.2, 0) is 14.3 Å². The van der Waals surface area contributed by atoms with Gasteiger partial charge in [0.15, 0.2) is 5.88 Å². The van der Waals surface area contributed by atoms with E-state index < -0.39 is 5.97 Å². The van der Waals surface area contributed by atoms with E-state index >= 15 is 0 Å². The van der Waals surface area contributed by atoms with Crippen molar-refractivity contribution >= 4 is 5.97 Å². The van der Waals surface area contributed by atoms with E-state index in [1.165, 1.54) is 44.6 Å². The minimum Gasteiger partial charge on any atom is -0.477 e. The summed E-state index contributed by atoms with van der Waals surface area (Å²) in [6, 6.07) is 1.89. The van der Waals surface area contributed by atoms with E-state index in [2.05, 4.69) is 6.92 Å². The third kappa shape index (κ3) is 8.05. The molecule has 1 saturated heterocycles. The molecular formula is C19H30N2O3. The Morgan fingerprint density at radius 2 is 1.92 bits per heavy atom. The summed E-state index contributed by atoms with van der Waals surface area (Å²) in [7, 11) is 1.90. The Bertz CT molecular complexity index is 477. The van der Waals surface area contributed by atoms with Gasteiger partial charge in [-0.15, -0.1) is 0 Å². The van der Waals surface area contributed by atoms with Gasteiger partial charge in [0.1, 0.15) is 18.2 Å². The van der Waals surface area contributed by atoms with E-state index in [0.717, 1.165) is 19.4 Å². The molecule has 0 bridgehead atoms. The molecule has 0 N–H and O–H groups in total. The van der Waals surface area contributed by atoms with Crippen LogP contribution in [0.4, 0.5) is 0 Å². The SMILES string of the molecule is CCCCCCCCCCOC(=O)C(C#N)=CC=C1OCCN1C. The zero-order valence-corrected chi connectivity index (χ0v) is 15.1. The first kappa shape index (κ1) is 20.1. The second-order valence-corrected chi connectivity index (χ2v) is 6.08. The van der Waals surface area contributed by atoms with Gasteiger partial charge in [-0.25, -0.2) is 4.79 Å². The van der Waals surface area contributed by atoms with Crippen molar-refractivity contribution in [1.29, 1.82) is 5.26 Å².